The molecule has 0 saturated carbocycles. The molecule has 0 aliphatic carbocycles. The highest BCUT2D eigenvalue weighted by Crippen LogP contribution is 2.23. The Kier molecular flexibility index (Phi) is 6.46. The Balaban J connectivity index is 1.58. The van der Waals surface area contributed by atoms with Crippen molar-refractivity contribution in [3.8, 4) is 11.4 Å². The summed E-state index contributed by atoms with van der Waals surface area (Å²) in [4.78, 5) is 27.9. The van der Waals surface area contributed by atoms with Crippen LogP contribution in [0, 0.1) is 0 Å². The fourth-order valence-electron chi connectivity index (χ4n) is 3.18. The van der Waals surface area contributed by atoms with Gasteiger partial charge in [-0.25, -0.2) is 4.68 Å². The van der Waals surface area contributed by atoms with E-state index in [2.05, 4.69) is 20.3 Å². The van der Waals surface area contributed by atoms with Crippen molar-refractivity contribution >= 4 is 28.7 Å². The Morgan fingerprint density at radius 2 is 2.09 bits per heavy atom. The highest BCUT2D eigenvalue weighted by Gasteiger charge is 2.13. The number of Topliss-reactive ketones (excluding diaryl/α,β-unsaturated/α-hetero) is 1. The molecular formula is C21H16ClN7O2S. The Morgan fingerprint density at radius 3 is 2.84 bits per heavy atom. The fraction of sp³-hybridized carbons (Fsp3) is 0.143. The number of thiophene rings is 1. The topological polar surface area (TPSA) is 119 Å². The first-order chi connectivity index (χ1) is 15.5. The lowest BCUT2D eigenvalue weighted by Crippen LogP contribution is -2.16. The molecule has 0 amide bonds. The van der Waals surface area contributed by atoms with Crippen molar-refractivity contribution in [1.29, 1.82) is 0 Å². The monoisotopic (exact) mass is 465 g/mol. The molecule has 1 aromatic carbocycles. The summed E-state index contributed by atoms with van der Waals surface area (Å²) in [6.45, 7) is 0.0775. The van der Waals surface area contributed by atoms with Crippen LogP contribution in [0.3, 0.4) is 0 Å². The number of hydrogen-bond acceptors (Lipinski definition) is 6. The predicted octanol–water partition coefficient (Wildman–Crippen LogP) is 4.76. The third-order valence-electron chi connectivity index (χ3n) is 4.71. The van der Waals surface area contributed by atoms with Gasteiger partial charge in [-0.15, -0.1) is 16.4 Å². The number of aryl methyl sites for hydroxylation is 1. The van der Waals surface area contributed by atoms with Gasteiger partial charge >= 0.3 is 0 Å². The van der Waals surface area contributed by atoms with Gasteiger partial charge in [0.05, 0.1) is 33.3 Å². The van der Waals surface area contributed by atoms with Crippen LogP contribution in [0.5, 0.6) is 0 Å². The molecule has 4 aromatic rings. The Morgan fingerprint density at radius 1 is 1.22 bits per heavy atom. The van der Waals surface area contributed by atoms with Gasteiger partial charge in [0.1, 0.15) is 0 Å². The Hall–Kier alpha value is -3.72. The zero-order valence-electron chi connectivity index (χ0n) is 16.6. The Labute approximate surface area is 191 Å². The van der Waals surface area contributed by atoms with Crippen LogP contribution in [0.1, 0.15) is 27.3 Å². The number of carbonyl (C=O) groups excluding carboxylic acids is 1. The van der Waals surface area contributed by atoms with Gasteiger partial charge in [0.25, 0.3) is 5.56 Å². The maximum absolute atomic E-state index is 12.3. The molecule has 0 saturated heterocycles. The van der Waals surface area contributed by atoms with E-state index in [1.54, 1.807) is 59.5 Å². The zero-order chi connectivity index (χ0) is 22.5. The number of azide groups is 1. The number of aromatic nitrogens is 4. The standard InChI is InChI=1S/C21H16ClN7O2S/c22-20-9-8-19(32-20)18(30)7-4-15-13-29(27-25-15)17-6-5-16(11-14(17)12-24-26-23)28-10-2-1-3-21(28)31/h1-3,5-6,8-11,13H,4,7,12H2. The van der Waals surface area contributed by atoms with Gasteiger partial charge in [0, 0.05) is 35.7 Å². The van der Waals surface area contributed by atoms with Gasteiger partial charge in [-0.3, -0.25) is 14.2 Å². The van der Waals surface area contributed by atoms with Crippen LogP contribution in [0.2, 0.25) is 4.34 Å². The van der Waals surface area contributed by atoms with Gasteiger partial charge in [-0.2, -0.15) is 0 Å². The second-order valence-corrected chi connectivity index (χ2v) is 8.51. The second-order valence-electron chi connectivity index (χ2n) is 6.79. The summed E-state index contributed by atoms with van der Waals surface area (Å²) in [7, 11) is 0. The van der Waals surface area contributed by atoms with E-state index < -0.39 is 0 Å². The smallest absolute Gasteiger partial charge is 0.255 e. The molecule has 3 heterocycles. The van der Waals surface area contributed by atoms with E-state index in [-0.39, 0.29) is 24.3 Å². The molecular weight excluding hydrogens is 450 g/mol. The molecule has 0 atom stereocenters. The molecule has 0 unspecified atom stereocenters. The minimum absolute atomic E-state index is 0.00171. The van der Waals surface area contributed by atoms with E-state index in [0.717, 1.165) is 0 Å². The van der Waals surface area contributed by atoms with Gasteiger partial charge in [0.15, 0.2) is 5.78 Å². The maximum atomic E-state index is 12.3. The highest BCUT2D eigenvalue weighted by atomic mass is 35.5. The van der Waals surface area contributed by atoms with Gasteiger partial charge < -0.3 is 0 Å². The summed E-state index contributed by atoms with van der Waals surface area (Å²) in [6, 6.07) is 13.7. The highest BCUT2D eigenvalue weighted by molar-refractivity contribution is 7.18. The van der Waals surface area contributed by atoms with Crippen molar-refractivity contribution in [3.63, 3.8) is 0 Å². The molecule has 4 rings (SSSR count). The summed E-state index contributed by atoms with van der Waals surface area (Å²) >= 11 is 7.15. The van der Waals surface area contributed by atoms with Crippen molar-refractivity contribution in [1.82, 2.24) is 19.6 Å². The quantitative estimate of drug-likeness (QED) is 0.161. The molecule has 9 nitrogen and oxygen atoms in total. The molecule has 11 heteroatoms. The van der Waals surface area contributed by atoms with Crippen LogP contribution in [-0.2, 0) is 13.0 Å². The van der Waals surface area contributed by atoms with Crippen molar-refractivity contribution in [2.45, 2.75) is 19.4 Å². The lowest BCUT2D eigenvalue weighted by molar-refractivity contribution is 0.0986. The van der Waals surface area contributed by atoms with E-state index in [4.69, 9.17) is 17.1 Å². The molecule has 0 radical (unpaired) electrons. The lowest BCUT2D eigenvalue weighted by Gasteiger charge is -2.11. The molecule has 0 spiro atoms. The van der Waals surface area contributed by atoms with Gasteiger partial charge in [0.2, 0.25) is 0 Å². The van der Waals surface area contributed by atoms with Crippen LogP contribution in [-0.4, -0.2) is 25.3 Å². The van der Waals surface area contributed by atoms with Crippen molar-refractivity contribution in [3.05, 3.63) is 102 Å². The second kappa shape index (κ2) is 9.61. The number of hydrogen-bond donors (Lipinski definition) is 0. The molecule has 160 valence electrons. The molecule has 3 aromatic heterocycles. The summed E-state index contributed by atoms with van der Waals surface area (Å²) < 4.78 is 3.65. The Bertz CT molecular complexity index is 1380. The van der Waals surface area contributed by atoms with E-state index >= 15 is 0 Å². The average Bonchev–Trinajstić information content (AvgIpc) is 3.45. The third kappa shape index (κ3) is 4.78. The molecule has 32 heavy (non-hydrogen) atoms. The van der Waals surface area contributed by atoms with Crippen molar-refractivity contribution in [2.24, 2.45) is 5.11 Å². The summed E-state index contributed by atoms with van der Waals surface area (Å²) in [5.74, 6) is -0.00171. The molecule has 0 aliphatic rings. The van der Waals surface area contributed by atoms with E-state index in [9.17, 15) is 9.59 Å². The van der Waals surface area contributed by atoms with Crippen LogP contribution in [0.4, 0.5) is 0 Å². The van der Waals surface area contributed by atoms with Crippen LogP contribution < -0.4 is 5.56 Å². The SMILES string of the molecule is [N-]=[N+]=NCc1cc(-n2ccccc2=O)ccc1-n1cc(CCC(=O)c2ccc(Cl)s2)nn1. The molecule has 0 fully saturated rings. The summed E-state index contributed by atoms with van der Waals surface area (Å²) in [5.41, 5.74) is 11.2. The number of carbonyl (C=O) groups is 1. The number of rotatable bonds is 8. The zero-order valence-corrected chi connectivity index (χ0v) is 18.2. The third-order valence-corrected chi connectivity index (χ3v) is 5.98. The first-order valence-corrected chi connectivity index (χ1v) is 10.8. The number of nitrogens with zero attached hydrogens (tertiary/aromatic N) is 7. The summed E-state index contributed by atoms with van der Waals surface area (Å²) in [6.07, 6.45) is 4.12. The normalized spacial score (nSPS) is 10.7. The number of ketones is 1. The first-order valence-electron chi connectivity index (χ1n) is 9.57. The minimum Gasteiger partial charge on any atom is -0.293 e. The van der Waals surface area contributed by atoms with Crippen LogP contribution >= 0.6 is 22.9 Å². The van der Waals surface area contributed by atoms with E-state index in [0.29, 0.717) is 38.3 Å². The first kappa shape index (κ1) is 21.5. The maximum Gasteiger partial charge on any atom is 0.255 e. The fourth-order valence-corrected chi connectivity index (χ4v) is 4.19. The number of benzene rings is 1. The summed E-state index contributed by atoms with van der Waals surface area (Å²) in [5, 5.41) is 12.0. The molecule has 0 bridgehead atoms. The van der Waals surface area contributed by atoms with Crippen LogP contribution in [0.25, 0.3) is 21.8 Å². The average molecular weight is 466 g/mol. The number of halogens is 1. The van der Waals surface area contributed by atoms with Crippen molar-refractivity contribution < 1.29 is 4.79 Å². The van der Waals surface area contributed by atoms with Crippen LogP contribution in [0.15, 0.2) is 70.8 Å². The van der Waals surface area contributed by atoms with Gasteiger partial charge in [-0.1, -0.05) is 28.0 Å². The minimum atomic E-state index is -0.172. The predicted molar refractivity (Wildman–Crippen MR) is 122 cm³/mol. The number of pyridine rings is 1. The lowest BCUT2D eigenvalue weighted by atomic mass is 10.1. The molecule has 0 aliphatic heterocycles. The van der Waals surface area contributed by atoms with Gasteiger partial charge in [-0.05, 0) is 47.5 Å². The van der Waals surface area contributed by atoms with E-state index in [1.165, 1.54) is 22.0 Å². The van der Waals surface area contributed by atoms with Crippen molar-refractivity contribution in [2.75, 3.05) is 0 Å². The molecule has 0 N–H and O–H groups in total. The van der Waals surface area contributed by atoms with E-state index in [1.807, 2.05) is 0 Å². The largest absolute Gasteiger partial charge is 0.293 e.